The van der Waals surface area contributed by atoms with Crippen LogP contribution in [0.1, 0.15) is 31.2 Å². The van der Waals surface area contributed by atoms with Crippen LogP contribution in [0.25, 0.3) is 16.9 Å². The van der Waals surface area contributed by atoms with Gasteiger partial charge >= 0.3 is 0 Å². The number of hydrogen-bond donors (Lipinski definition) is 2. The van der Waals surface area contributed by atoms with E-state index < -0.39 is 0 Å². The van der Waals surface area contributed by atoms with Crippen LogP contribution in [0.2, 0.25) is 5.02 Å². The average molecular weight is 509 g/mol. The van der Waals surface area contributed by atoms with E-state index in [0.717, 1.165) is 60.4 Å². The highest BCUT2D eigenvalue weighted by Crippen LogP contribution is 2.38. The lowest BCUT2D eigenvalue weighted by Gasteiger charge is -2.30. The van der Waals surface area contributed by atoms with Gasteiger partial charge in [-0.15, -0.1) is 0 Å². The molecule has 0 aliphatic heterocycles. The van der Waals surface area contributed by atoms with Gasteiger partial charge < -0.3 is 24.5 Å². The number of nitrogens with one attached hydrogen (secondary N) is 2. The molecule has 1 fully saturated rings. The van der Waals surface area contributed by atoms with Crippen molar-refractivity contribution in [1.29, 1.82) is 0 Å². The number of halogens is 2. The Morgan fingerprint density at radius 1 is 0.972 bits per heavy atom. The van der Waals surface area contributed by atoms with Gasteiger partial charge in [-0.25, -0.2) is 9.37 Å². The van der Waals surface area contributed by atoms with Crippen molar-refractivity contribution >= 4 is 22.9 Å². The van der Waals surface area contributed by atoms with Crippen LogP contribution in [-0.2, 0) is 6.54 Å². The molecule has 6 nitrogen and oxygen atoms in total. The molecule has 2 aromatic carbocycles. The molecule has 2 N–H and O–H groups in total. The molecule has 188 valence electrons. The van der Waals surface area contributed by atoms with Crippen LogP contribution in [0.5, 0.6) is 11.5 Å². The summed E-state index contributed by atoms with van der Waals surface area (Å²) in [5, 5.41) is 7.81. The van der Waals surface area contributed by atoms with Crippen molar-refractivity contribution in [2.45, 2.75) is 44.3 Å². The molecule has 0 unspecified atom stereocenters. The van der Waals surface area contributed by atoms with Gasteiger partial charge in [0.2, 0.25) is 0 Å². The number of ether oxygens (including phenoxy) is 2. The molecule has 1 aliphatic rings. The Kier molecular flexibility index (Phi) is 7.30. The Hall–Kier alpha value is -3.29. The minimum Gasteiger partial charge on any atom is -0.496 e. The van der Waals surface area contributed by atoms with E-state index in [-0.39, 0.29) is 5.82 Å². The minimum absolute atomic E-state index is 0.194. The van der Waals surface area contributed by atoms with Crippen LogP contribution >= 0.6 is 11.6 Å². The Bertz CT molecular complexity index is 1330. The van der Waals surface area contributed by atoms with E-state index in [0.29, 0.717) is 28.6 Å². The van der Waals surface area contributed by atoms with Crippen molar-refractivity contribution in [3.8, 4) is 22.8 Å². The number of pyridine rings is 1. The SMILES string of the molecule is COc1cc(OC)c(-c2cn3ccc(NC4CCC(NCc5ccc(F)cc5)CC4)cc3n2)cc1Cl. The predicted molar refractivity (Wildman–Crippen MR) is 142 cm³/mol. The summed E-state index contributed by atoms with van der Waals surface area (Å²) in [6, 6.07) is 15.4. The van der Waals surface area contributed by atoms with Gasteiger partial charge in [-0.05, 0) is 55.5 Å². The van der Waals surface area contributed by atoms with Crippen molar-refractivity contribution in [2.75, 3.05) is 19.5 Å². The van der Waals surface area contributed by atoms with Gasteiger partial charge in [0.1, 0.15) is 23.0 Å². The highest BCUT2D eigenvalue weighted by Gasteiger charge is 2.21. The summed E-state index contributed by atoms with van der Waals surface area (Å²) in [6.07, 6.45) is 8.37. The lowest BCUT2D eigenvalue weighted by molar-refractivity contribution is 0.353. The van der Waals surface area contributed by atoms with E-state index in [1.807, 2.05) is 35.0 Å². The number of anilines is 1. The molecule has 36 heavy (non-hydrogen) atoms. The normalized spacial score (nSPS) is 17.8. The van der Waals surface area contributed by atoms with Gasteiger partial charge in [-0.1, -0.05) is 23.7 Å². The average Bonchev–Trinajstić information content (AvgIpc) is 3.32. The molecule has 1 aliphatic carbocycles. The topological polar surface area (TPSA) is 59.8 Å². The first-order chi connectivity index (χ1) is 17.5. The van der Waals surface area contributed by atoms with E-state index in [9.17, 15) is 4.39 Å². The zero-order valence-corrected chi connectivity index (χ0v) is 21.2. The molecule has 2 aromatic heterocycles. The van der Waals surface area contributed by atoms with Gasteiger partial charge in [0.05, 0.1) is 24.9 Å². The van der Waals surface area contributed by atoms with Crippen LogP contribution in [0.4, 0.5) is 10.1 Å². The van der Waals surface area contributed by atoms with Crippen molar-refractivity contribution in [3.05, 3.63) is 77.3 Å². The summed E-state index contributed by atoms with van der Waals surface area (Å²) in [5.74, 6) is 1.02. The van der Waals surface area contributed by atoms with Gasteiger partial charge in [0, 0.05) is 54.4 Å². The van der Waals surface area contributed by atoms with E-state index >= 15 is 0 Å². The monoisotopic (exact) mass is 508 g/mol. The van der Waals surface area contributed by atoms with Crippen molar-refractivity contribution in [1.82, 2.24) is 14.7 Å². The third-order valence-electron chi connectivity index (χ3n) is 6.82. The predicted octanol–water partition coefficient (Wildman–Crippen LogP) is 6.32. The Labute approximate surface area is 215 Å². The Morgan fingerprint density at radius 2 is 1.69 bits per heavy atom. The smallest absolute Gasteiger partial charge is 0.141 e. The first-order valence-electron chi connectivity index (χ1n) is 12.2. The van der Waals surface area contributed by atoms with Crippen LogP contribution in [0.3, 0.4) is 0 Å². The van der Waals surface area contributed by atoms with Crippen LogP contribution < -0.4 is 20.1 Å². The van der Waals surface area contributed by atoms with Crippen molar-refractivity contribution < 1.29 is 13.9 Å². The number of hydrogen-bond acceptors (Lipinski definition) is 5. The summed E-state index contributed by atoms with van der Waals surface area (Å²) < 4.78 is 25.9. The number of aromatic nitrogens is 2. The molecule has 0 radical (unpaired) electrons. The molecule has 5 rings (SSSR count). The minimum atomic E-state index is -0.194. The molecule has 1 saturated carbocycles. The number of imidazole rings is 1. The number of benzene rings is 2. The van der Waals surface area contributed by atoms with Crippen molar-refractivity contribution in [3.63, 3.8) is 0 Å². The molecule has 0 spiro atoms. The summed E-state index contributed by atoms with van der Waals surface area (Å²) in [5.41, 5.74) is 4.61. The Balaban J connectivity index is 1.21. The van der Waals surface area contributed by atoms with Gasteiger partial charge in [-0.3, -0.25) is 0 Å². The molecule has 0 saturated heterocycles. The van der Waals surface area contributed by atoms with E-state index in [4.69, 9.17) is 26.1 Å². The fourth-order valence-electron chi connectivity index (χ4n) is 4.80. The molecule has 0 amide bonds. The number of fused-ring (bicyclic) bond motifs is 1. The molecular formula is C28H30ClFN4O2. The standard InChI is InChI=1S/C28H30ClFN4O2/c1-35-26-15-27(36-2)24(29)14-23(26)25-17-34-12-11-22(13-28(34)33-25)32-21-9-7-20(8-10-21)31-16-18-3-5-19(30)6-4-18/h3-6,11-15,17,20-21,31-32H,7-10,16H2,1-2H3. The number of nitrogens with zero attached hydrogens (tertiary/aromatic N) is 2. The summed E-state index contributed by atoms with van der Waals surface area (Å²) in [7, 11) is 3.20. The molecule has 8 heteroatoms. The number of rotatable bonds is 8. The van der Waals surface area contributed by atoms with Gasteiger partial charge in [0.15, 0.2) is 0 Å². The van der Waals surface area contributed by atoms with Crippen LogP contribution in [-0.4, -0.2) is 35.7 Å². The Morgan fingerprint density at radius 3 is 2.42 bits per heavy atom. The van der Waals surface area contributed by atoms with Gasteiger partial charge in [0.25, 0.3) is 0 Å². The van der Waals surface area contributed by atoms with Crippen LogP contribution in [0.15, 0.2) is 60.9 Å². The fourth-order valence-corrected chi connectivity index (χ4v) is 5.04. The third kappa shape index (κ3) is 5.42. The zero-order chi connectivity index (χ0) is 25.1. The second kappa shape index (κ2) is 10.8. The van der Waals surface area contributed by atoms with E-state index in [1.54, 1.807) is 20.3 Å². The van der Waals surface area contributed by atoms with Crippen molar-refractivity contribution in [2.24, 2.45) is 0 Å². The quantitative estimate of drug-likeness (QED) is 0.291. The van der Waals surface area contributed by atoms with E-state index in [2.05, 4.69) is 22.8 Å². The second-order valence-corrected chi connectivity index (χ2v) is 9.60. The lowest BCUT2D eigenvalue weighted by atomic mass is 9.91. The second-order valence-electron chi connectivity index (χ2n) is 9.19. The largest absolute Gasteiger partial charge is 0.496 e. The highest BCUT2D eigenvalue weighted by atomic mass is 35.5. The third-order valence-corrected chi connectivity index (χ3v) is 7.11. The summed E-state index contributed by atoms with van der Waals surface area (Å²) >= 11 is 6.36. The maximum Gasteiger partial charge on any atom is 0.141 e. The first-order valence-corrected chi connectivity index (χ1v) is 12.5. The fraction of sp³-hybridized carbons (Fsp3) is 0.321. The summed E-state index contributed by atoms with van der Waals surface area (Å²) in [4.78, 5) is 4.82. The molecule has 4 aromatic rings. The first kappa shape index (κ1) is 24.4. The zero-order valence-electron chi connectivity index (χ0n) is 20.4. The molecule has 0 atom stereocenters. The summed E-state index contributed by atoms with van der Waals surface area (Å²) in [6.45, 7) is 0.770. The maximum atomic E-state index is 13.1. The maximum absolute atomic E-state index is 13.1. The molecular weight excluding hydrogens is 479 g/mol. The molecule has 0 bridgehead atoms. The lowest BCUT2D eigenvalue weighted by Crippen LogP contribution is -2.36. The molecule has 2 heterocycles. The highest BCUT2D eigenvalue weighted by molar-refractivity contribution is 6.32. The van der Waals surface area contributed by atoms with E-state index in [1.165, 1.54) is 12.1 Å². The van der Waals surface area contributed by atoms with Gasteiger partial charge in [-0.2, -0.15) is 0 Å². The van der Waals surface area contributed by atoms with Crippen LogP contribution in [0, 0.1) is 5.82 Å². The number of methoxy groups -OCH3 is 2.